The maximum Gasteiger partial charge on any atom is 0.255 e. The summed E-state index contributed by atoms with van der Waals surface area (Å²) in [5.74, 6) is 1.14. The Morgan fingerprint density at radius 3 is 3.00 bits per heavy atom. The molecule has 1 heterocycles. The number of hydrogen-bond donors (Lipinski definition) is 0. The first-order valence-electron chi connectivity index (χ1n) is 4.93. The zero-order chi connectivity index (χ0) is 9.42. The van der Waals surface area contributed by atoms with Crippen LogP contribution in [0.4, 0.5) is 0 Å². The molecule has 1 aliphatic heterocycles. The van der Waals surface area contributed by atoms with Gasteiger partial charge in [-0.25, -0.2) is 0 Å². The molecule has 0 saturated heterocycles. The lowest BCUT2D eigenvalue weighted by Crippen LogP contribution is -2.43. The van der Waals surface area contributed by atoms with Crippen molar-refractivity contribution in [3.63, 3.8) is 0 Å². The molecule has 0 radical (unpaired) electrons. The van der Waals surface area contributed by atoms with Crippen LogP contribution in [0.25, 0.3) is 0 Å². The van der Waals surface area contributed by atoms with E-state index in [1.54, 1.807) is 4.90 Å². The molecule has 0 saturated carbocycles. The summed E-state index contributed by atoms with van der Waals surface area (Å²) in [6.07, 6.45) is 2.84. The quantitative estimate of drug-likeness (QED) is 0.615. The van der Waals surface area contributed by atoms with Crippen molar-refractivity contribution in [2.45, 2.75) is 39.3 Å². The lowest BCUT2D eigenvalue weighted by molar-refractivity contribution is -0.141. The average Bonchev–Trinajstić information content (AvgIpc) is 2.53. The fraction of sp³-hybridized carbons (Fsp3) is 0.700. The minimum absolute atomic E-state index is 0.0747. The van der Waals surface area contributed by atoms with Crippen molar-refractivity contribution in [3.8, 4) is 0 Å². The summed E-state index contributed by atoms with van der Waals surface area (Å²) in [5.41, 5.74) is 0.917. The Balaban J connectivity index is 2.28. The van der Waals surface area contributed by atoms with Crippen LogP contribution in [0.3, 0.4) is 0 Å². The fourth-order valence-corrected chi connectivity index (χ4v) is 2.08. The van der Waals surface area contributed by atoms with Crippen LogP contribution in [0, 0.1) is 0 Å². The molecule has 72 valence electrons. The van der Waals surface area contributed by atoms with Crippen molar-refractivity contribution in [2.24, 2.45) is 0 Å². The van der Waals surface area contributed by atoms with Gasteiger partial charge in [0.25, 0.3) is 5.91 Å². The van der Waals surface area contributed by atoms with Crippen LogP contribution >= 0.6 is 0 Å². The van der Waals surface area contributed by atoms with Gasteiger partial charge in [0, 0.05) is 13.0 Å². The minimum Gasteiger partial charge on any atom is -0.475 e. The van der Waals surface area contributed by atoms with E-state index in [4.69, 9.17) is 4.74 Å². The van der Waals surface area contributed by atoms with Gasteiger partial charge in [-0.05, 0) is 26.7 Å². The first kappa shape index (κ1) is 8.60. The molecule has 1 amide bonds. The monoisotopic (exact) mass is 181 g/mol. The number of carbonyl (C=O) groups is 1. The molecule has 3 nitrogen and oxygen atoms in total. The lowest BCUT2D eigenvalue weighted by atomic mass is 10.2. The second-order valence-electron chi connectivity index (χ2n) is 3.56. The second-order valence-corrected chi connectivity index (χ2v) is 3.56. The van der Waals surface area contributed by atoms with Gasteiger partial charge in [0.15, 0.2) is 6.23 Å². The summed E-state index contributed by atoms with van der Waals surface area (Å²) in [5, 5.41) is 0. The Kier molecular flexibility index (Phi) is 2.02. The Bertz CT molecular complexity index is 270. The van der Waals surface area contributed by atoms with E-state index < -0.39 is 0 Å². The fourth-order valence-electron chi connectivity index (χ4n) is 2.08. The van der Waals surface area contributed by atoms with E-state index in [2.05, 4.69) is 0 Å². The molecular weight excluding hydrogens is 166 g/mol. The van der Waals surface area contributed by atoms with Gasteiger partial charge in [0.2, 0.25) is 0 Å². The van der Waals surface area contributed by atoms with Crippen molar-refractivity contribution in [2.75, 3.05) is 6.54 Å². The molecular formula is C10H15NO2. The standard InChI is InChI=1S/C10H15NO2/c1-3-11-7(2)13-9-6-4-5-8(9)10(11)12/h7H,3-6H2,1-2H3. The zero-order valence-electron chi connectivity index (χ0n) is 8.17. The third-order valence-electron chi connectivity index (χ3n) is 2.78. The smallest absolute Gasteiger partial charge is 0.255 e. The molecule has 3 heteroatoms. The van der Waals surface area contributed by atoms with Gasteiger partial charge in [0.05, 0.1) is 5.57 Å². The summed E-state index contributed by atoms with van der Waals surface area (Å²) >= 11 is 0. The molecule has 0 N–H and O–H groups in total. The molecule has 13 heavy (non-hydrogen) atoms. The molecule has 1 atom stereocenters. The predicted molar refractivity (Wildman–Crippen MR) is 48.8 cm³/mol. The molecule has 1 aliphatic carbocycles. The highest BCUT2D eigenvalue weighted by molar-refractivity contribution is 5.95. The largest absolute Gasteiger partial charge is 0.475 e. The zero-order valence-corrected chi connectivity index (χ0v) is 8.17. The Labute approximate surface area is 78.4 Å². The number of nitrogens with zero attached hydrogens (tertiary/aromatic N) is 1. The molecule has 2 aliphatic rings. The molecule has 2 rings (SSSR count). The first-order chi connectivity index (χ1) is 6.24. The van der Waals surface area contributed by atoms with Crippen molar-refractivity contribution < 1.29 is 9.53 Å². The van der Waals surface area contributed by atoms with Gasteiger partial charge in [0.1, 0.15) is 5.76 Å². The van der Waals surface area contributed by atoms with Crippen LogP contribution in [0.5, 0.6) is 0 Å². The topological polar surface area (TPSA) is 29.5 Å². The van der Waals surface area contributed by atoms with Crippen LogP contribution in [0.2, 0.25) is 0 Å². The van der Waals surface area contributed by atoms with Crippen LogP contribution in [0.1, 0.15) is 33.1 Å². The Morgan fingerprint density at radius 2 is 2.31 bits per heavy atom. The van der Waals surface area contributed by atoms with Crippen molar-refractivity contribution >= 4 is 5.91 Å². The van der Waals surface area contributed by atoms with E-state index in [1.165, 1.54) is 0 Å². The highest BCUT2D eigenvalue weighted by Crippen LogP contribution is 2.33. The highest BCUT2D eigenvalue weighted by Gasteiger charge is 2.34. The van der Waals surface area contributed by atoms with Gasteiger partial charge >= 0.3 is 0 Å². The second kappa shape index (κ2) is 3.05. The summed E-state index contributed by atoms with van der Waals surface area (Å²) in [6, 6.07) is 0. The molecule has 1 unspecified atom stereocenters. The van der Waals surface area contributed by atoms with Gasteiger partial charge < -0.3 is 9.64 Å². The van der Waals surface area contributed by atoms with Crippen molar-refractivity contribution in [1.82, 2.24) is 4.90 Å². The van der Waals surface area contributed by atoms with Gasteiger partial charge in [-0.1, -0.05) is 0 Å². The number of amides is 1. The summed E-state index contributed by atoms with van der Waals surface area (Å²) in [7, 11) is 0. The number of carbonyl (C=O) groups excluding carboxylic acids is 1. The van der Waals surface area contributed by atoms with E-state index in [-0.39, 0.29) is 12.1 Å². The molecule has 0 aromatic heterocycles. The first-order valence-corrected chi connectivity index (χ1v) is 4.93. The maximum absolute atomic E-state index is 11.8. The van der Waals surface area contributed by atoms with E-state index in [0.717, 1.165) is 37.1 Å². The van der Waals surface area contributed by atoms with E-state index in [9.17, 15) is 4.79 Å². The van der Waals surface area contributed by atoms with Gasteiger partial charge in [-0.3, -0.25) is 4.79 Å². The normalized spacial score (nSPS) is 27.7. The lowest BCUT2D eigenvalue weighted by Gasteiger charge is -2.33. The van der Waals surface area contributed by atoms with Gasteiger partial charge in [-0.15, -0.1) is 0 Å². The molecule has 0 fully saturated rings. The summed E-state index contributed by atoms with van der Waals surface area (Å²) in [6.45, 7) is 4.65. The van der Waals surface area contributed by atoms with E-state index >= 15 is 0 Å². The van der Waals surface area contributed by atoms with Crippen molar-refractivity contribution in [3.05, 3.63) is 11.3 Å². The van der Waals surface area contributed by atoms with Crippen LogP contribution in [-0.2, 0) is 9.53 Å². The SMILES string of the molecule is CCN1C(=O)C2=C(CCC2)OC1C. The molecule has 0 spiro atoms. The maximum atomic E-state index is 11.8. The number of allylic oxidation sites excluding steroid dienone is 1. The average molecular weight is 181 g/mol. The summed E-state index contributed by atoms with van der Waals surface area (Å²) in [4.78, 5) is 13.6. The van der Waals surface area contributed by atoms with Crippen LogP contribution < -0.4 is 0 Å². The highest BCUT2D eigenvalue weighted by atomic mass is 16.5. The molecule has 0 bridgehead atoms. The Morgan fingerprint density at radius 1 is 1.54 bits per heavy atom. The predicted octanol–water partition coefficient (Wildman–Crippen LogP) is 1.65. The van der Waals surface area contributed by atoms with Gasteiger partial charge in [-0.2, -0.15) is 0 Å². The van der Waals surface area contributed by atoms with Crippen molar-refractivity contribution in [1.29, 1.82) is 0 Å². The Hall–Kier alpha value is -0.990. The number of likely N-dealkylation sites (N-methyl/N-ethyl adjacent to an activating group) is 1. The van der Waals surface area contributed by atoms with Crippen LogP contribution in [0.15, 0.2) is 11.3 Å². The third kappa shape index (κ3) is 1.23. The van der Waals surface area contributed by atoms with Crippen LogP contribution in [-0.4, -0.2) is 23.6 Å². The third-order valence-corrected chi connectivity index (χ3v) is 2.78. The summed E-state index contributed by atoms with van der Waals surface area (Å²) < 4.78 is 5.67. The number of rotatable bonds is 1. The van der Waals surface area contributed by atoms with E-state index in [1.807, 2.05) is 13.8 Å². The number of ether oxygens (including phenoxy) is 1. The molecule has 0 aromatic carbocycles. The number of hydrogen-bond acceptors (Lipinski definition) is 2. The minimum atomic E-state index is -0.0747. The van der Waals surface area contributed by atoms with E-state index in [0.29, 0.717) is 0 Å². The molecule has 0 aromatic rings.